The normalized spacial score (nSPS) is 13.9. The maximum Gasteiger partial charge on any atom is 0.278 e. The molecule has 0 atom stereocenters. The van der Waals surface area contributed by atoms with Crippen molar-refractivity contribution in [1.82, 2.24) is 4.90 Å². The van der Waals surface area contributed by atoms with Gasteiger partial charge in [0.2, 0.25) is 5.91 Å². The molecule has 3 amide bonds. The van der Waals surface area contributed by atoms with Gasteiger partial charge in [-0.2, -0.15) is 0 Å². The second-order valence-electron chi connectivity index (χ2n) is 8.44. The van der Waals surface area contributed by atoms with Gasteiger partial charge in [0.05, 0.1) is 11.7 Å². The third-order valence-electron chi connectivity index (χ3n) is 4.71. The van der Waals surface area contributed by atoms with E-state index in [1.807, 2.05) is 52.0 Å². The summed E-state index contributed by atoms with van der Waals surface area (Å²) < 4.78 is 5.67. The summed E-state index contributed by atoms with van der Waals surface area (Å²) in [5, 5.41) is 5.84. The Morgan fingerprint density at radius 1 is 0.906 bits per heavy atom. The highest BCUT2D eigenvalue weighted by molar-refractivity contribution is 6.36. The van der Waals surface area contributed by atoms with E-state index >= 15 is 0 Å². The average Bonchev–Trinajstić information content (AvgIpc) is 2.93. The van der Waals surface area contributed by atoms with Crippen LogP contribution in [0, 0.1) is 5.92 Å². The number of benzene rings is 2. The summed E-state index contributed by atoms with van der Waals surface area (Å²) in [6, 6.07) is 14.1. The van der Waals surface area contributed by atoms with Crippen LogP contribution in [-0.2, 0) is 14.4 Å². The van der Waals surface area contributed by atoms with Gasteiger partial charge in [0.15, 0.2) is 0 Å². The zero-order chi connectivity index (χ0) is 23.4. The average molecular weight is 436 g/mol. The lowest BCUT2D eigenvalue weighted by Gasteiger charge is -2.17. The summed E-state index contributed by atoms with van der Waals surface area (Å²) in [5.41, 5.74) is 2.45. The van der Waals surface area contributed by atoms with Crippen molar-refractivity contribution in [2.75, 3.05) is 17.2 Å². The minimum Gasteiger partial charge on any atom is -0.491 e. The van der Waals surface area contributed by atoms with Crippen molar-refractivity contribution < 1.29 is 19.1 Å². The van der Waals surface area contributed by atoms with Crippen LogP contribution in [0.5, 0.6) is 5.75 Å². The van der Waals surface area contributed by atoms with Gasteiger partial charge < -0.3 is 15.4 Å². The molecule has 32 heavy (non-hydrogen) atoms. The largest absolute Gasteiger partial charge is 0.491 e. The predicted molar refractivity (Wildman–Crippen MR) is 125 cm³/mol. The molecule has 0 aliphatic carbocycles. The van der Waals surface area contributed by atoms with Crippen LogP contribution in [0.15, 0.2) is 54.2 Å². The van der Waals surface area contributed by atoms with Crippen molar-refractivity contribution in [1.29, 1.82) is 0 Å². The summed E-state index contributed by atoms with van der Waals surface area (Å²) in [6.45, 7) is 9.58. The molecule has 0 bridgehead atoms. The second-order valence-corrected chi connectivity index (χ2v) is 8.44. The van der Waals surface area contributed by atoms with Crippen LogP contribution in [0.4, 0.5) is 11.4 Å². The van der Waals surface area contributed by atoms with E-state index < -0.39 is 0 Å². The number of hydrogen-bond acceptors (Lipinski definition) is 5. The van der Waals surface area contributed by atoms with E-state index in [2.05, 4.69) is 10.6 Å². The Labute approximate surface area is 188 Å². The first kappa shape index (κ1) is 23.1. The van der Waals surface area contributed by atoms with Gasteiger partial charge in [0, 0.05) is 24.8 Å². The fourth-order valence-electron chi connectivity index (χ4n) is 3.45. The summed E-state index contributed by atoms with van der Waals surface area (Å²) in [7, 11) is 0. The Balaban J connectivity index is 1.96. The van der Waals surface area contributed by atoms with Gasteiger partial charge >= 0.3 is 0 Å². The maximum atomic E-state index is 13.2. The zero-order valence-electron chi connectivity index (χ0n) is 19.1. The number of rotatable bonds is 8. The number of carbonyl (C=O) groups is 3. The molecule has 0 fully saturated rings. The van der Waals surface area contributed by atoms with Crippen molar-refractivity contribution in [2.24, 2.45) is 5.92 Å². The van der Waals surface area contributed by atoms with E-state index in [1.54, 1.807) is 24.3 Å². The number of anilines is 2. The van der Waals surface area contributed by atoms with Gasteiger partial charge in [-0.1, -0.05) is 26.0 Å². The predicted octanol–water partition coefficient (Wildman–Crippen LogP) is 4.28. The highest BCUT2D eigenvalue weighted by Gasteiger charge is 2.39. The molecule has 7 heteroatoms. The Morgan fingerprint density at radius 3 is 2.03 bits per heavy atom. The van der Waals surface area contributed by atoms with Gasteiger partial charge in [-0.3, -0.25) is 19.3 Å². The van der Waals surface area contributed by atoms with Crippen LogP contribution in [0.3, 0.4) is 0 Å². The first-order valence-electron chi connectivity index (χ1n) is 10.7. The summed E-state index contributed by atoms with van der Waals surface area (Å²) in [6.07, 6.45) is 0.0576. The maximum absolute atomic E-state index is 13.2. The molecule has 1 heterocycles. The van der Waals surface area contributed by atoms with E-state index in [9.17, 15) is 14.4 Å². The van der Waals surface area contributed by atoms with Crippen LogP contribution in [0.1, 0.15) is 40.2 Å². The van der Waals surface area contributed by atoms with Gasteiger partial charge in [-0.15, -0.1) is 0 Å². The summed E-state index contributed by atoms with van der Waals surface area (Å²) in [4.78, 5) is 38.9. The number of nitrogens with zero attached hydrogens (tertiary/aromatic N) is 1. The Morgan fingerprint density at radius 2 is 1.50 bits per heavy atom. The Kier molecular flexibility index (Phi) is 6.98. The molecule has 7 nitrogen and oxygen atoms in total. The van der Waals surface area contributed by atoms with Crippen LogP contribution < -0.4 is 15.4 Å². The van der Waals surface area contributed by atoms with Crippen molar-refractivity contribution >= 4 is 34.7 Å². The molecule has 2 aromatic carbocycles. The molecule has 0 saturated heterocycles. The van der Waals surface area contributed by atoms with Crippen LogP contribution in [0.2, 0.25) is 0 Å². The van der Waals surface area contributed by atoms with Gasteiger partial charge in [0.25, 0.3) is 11.8 Å². The van der Waals surface area contributed by atoms with E-state index in [1.165, 1.54) is 11.8 Å². The number of hydrogen-bond donors (Lipinski definition) is 2. The molecule has 1 aliphatic heterocycles. The third-order valence-corrected chi connectivity index (χ3v) is 4.71. The SMILES string of the molecule is CC(=O)Nc1ccc(C2=C(Nc3ccc(OC(C)C)cc3)C(=O)N(CC(C)C)C2=O)cc1. The lowest BCUT2D eigenvalue weighted by atomic mass is 10.0. The number of ether oxygens (including phenoxy) is 1. The highest BCUT2D eigenvalue weighted by Crippen LogP contribution is 2.32. The lowest BCUT2D eigenvalue weighted by molar-refractivity contribution is -0.137. The molecule has 0 saturated carbocycles. The minimum absolute atomic E-state index is 0.0576. The van der Waals surface area contributed by atoms with E-state index in [4.69, 9.17) is 4.74 Å². The molecule has 0 unspecified atom stereocenters. The molecule has 0 aromatic heterocycles. The minimum atomic E-state index is -0.354. The molecule has 2 aromatic rings. The molecular weight excluding hydrogens is 406 g/mol. The number of nitrogens with one attached hydrogen (secondary N) is 2. The van der Waals surface area contributed by atoms with E-state index in [0.29, 0.717) is 29.1 Å². The second kappa shape index (κ2) is 9.68. The van der Waals surface area contributed by atoms with Gasteiger partial charge in [-0.25, -0.2) is 0 Å². The van der Waals surface area contributed by atoms with Crippen molar-refractivity contribution in [3.8, 4) is 5.75 Å². The summed E-state index contributed by atoms with van der Waals surface area (Å²) >= 11 is 0. The number of imide groups is 1. The van der Waals surface area contributed by atoms with Crippen molar-refractivity contribution in [3.05, 3.63) is 59.8 Å². The van der Waals surface area contributed by atoms with Crippen molar-refractivity contribution in [2.45, 2.75) is 40.7 Å². The Bertz CT molecular complexity index is 1040. The quantitative estimate of drug-likeness (QED) is 0.605. The number of carbonyl (C=O) groups excluding carboxylic acids is 3. The smallest absolute Gasteiger partial charge is 0.278 e. The van der Waals surface area contributed by atoms with Crippen LogP contribution in [0.25, 0.3) is 5.57 Å². The zero-order valence-corrected chi connectivity index (χ0v) is 19.1. The molecule has 1 aliphatic rings. The monoisotopic (exact) mass is 435 g/mol. The molecular formula is C25H29N3O4. The van der Waals surface area contributed by atoms with Crippen LogP contribution in [-0.4, -0.2) is 35.3 Å². The fourth-order valence-corrected chi connectivity index (χ4v) is 3.45. The first-order valence-corrected chi connectivity index (χ1v) is 10.7. The van der Waals surface area contributed by atoms with Crippen LogP contribution >= 0.6 is 0 Å². The molecule has 3 rings (SSSR count). The molecule has 0 radical (unpaired) electrons. The highest BCUT2D eigenvalue weighted by atomic mass is 16.5. The molecule has 0 spiro atoms. The standard InChI is InChI=1S/C25H29N3O4/c1-15(2)14-28-24(30)22(18-6-8-19(9-7-18)26-17(5)29)23(25(28)31)27-20-10-12-21(13-11-20)32-16(3)4/h6-13,15-16,27H,14H2,1-5H3,(H,26,29). The van der Waals surface area contributed by atoms with E-state index in [-0.39, 0.29) is 35.4 Å². The third kappa shape index (κ3) is 5.35. The molecule has 168 valence electrons. The van der Waals surface area contributed by atoms with E-state index in [0.717, 1.165) is 5.75 Å². The first-order chi connectivity index (χ1) is 15.2. The number of amides is 3. The van der Waals surface area contributed by atoms with Gasteiger partial charge in [-0.05, 0) is 61.7 Å². The fraction of sp³-hybridized carbons (Fsp3) is 0.320. The van der Waals surface area contributed by atoms with Gasteiger partial charge in [0.1, 0.15) is 11.4 Å². The van der Waals surface area contributed by atoms with Crippen molar-refractivity contribution in [3.63, 3.8) is 0 Å². The topological polar surface area (TPSA) is 87.7 Å². The summed E-state index contributed by atoms with van der Waals surface area (Å²) in [5.74, 6) is -0.00786. The Hall–Kier alpha value is -3.61. The lowest BCUT2D eigenvalue weighted by Crippen LogP contribution is -2.35. The molecule has 2 N–H and O–H groups in total.